The van der Waals surface area contributed by atoms with Crippen LogP contribution in [0, 0.1) is 0 Å². The van der Waals surface area contributed by atoms with E-state index in [1.54, 1.807) is 18.2 Å². The summed E-state index contributed by atoms with van der Waals surface area (Å²) >= 11 is 9.81. The number of carbonyl (C=O) groups is 2. The van der Waals surface area contributed by atoms with E-state index in [1.165, 1.54) is 6.42 Å². The Morgan fingerprint density at radius 3 is 2.62 bits per heavy atom. The van der Waals surface area contributed by atoms with E-state index in [0.29, 0.717) is 22.0 Å². The van der Waals surface area contributed by atoms with Crippen LogP contribution in [0.15, 0.2) is 59.1 Å². The van der Waals surface area contributed by atoms with Gasteiger partial charge in [-0.3, -0.25) is 9.59 Å². The lowest BCUT2D eigenvalue weighted by atomic mass is 9.95. The highest BCUT2D eigenvalue weighted by molar-refractivity contribution is 9.10. The highest BCUT2D eigenvalue weighted by Gasteiger charge is 2.19. The van der Waals surface area contributed by atoms with Gasteiger partial charge in [0.05, 0.1) is 15.1 Å². The van der Waals surface area contributed by atoms with E-state index in [-0.39, 0.29) is 24.5 Å². The van der Waals surface area contributed by atoms with Crippen LogP contribution in [0.4, 0.5) is 5.69 Å². The largest absolute Gasteiger partial charge is 0.483 e. The zero-order valence-corrected chi connectivity index (χ0v) is 19.8. The summed E-state index contributed by atoms with van der Waals surface area (Å²) in [4.78, 5) is 25.1. The molecular formula is C25H24BrClN2O3. The van der Waals surface area contributed by atoms with Crippen LogP contribution in [0.1, 0.15) is 42.5 Å². The fraction of sp³-hybridized carbons (Fsp3) is 0.280. The SMILES string of the molecule is O=C(COc1ccc2ccccc2c1Br)Nc1ccc(Cl)c(C(=O)NC2CCCCC2)c1. The highest BCUT2D eigenvalue weighted by atomic mass is 79.9. The second-order valence-corrected chi connectivity index (χ2v) is 9.14. The zero-order chi connectivity index (χ0) is 22.5. The monoisotopic (exact) mass is 514 g/mol. The maximum atomic E-state index is 12.7. The third-order valence-electron chi connectivity index (χ3n) is 5.62. The minimum atomic E-state index is -0.328. The molecule has 0 aromatic heterocycles. The molecule has 2 N–H and O–H groups in total. The van der Waals surface area contributed by atoms with Crippen LogP contribution in [0.5, 0.6) is 5.75 Å². The molecule has 0 radical (unpaired) electrons. The average Bonchev–Trinajstić information content (AvgIpc) is 2.80. The molecule has 3 aromatic carbocycles. The molecule has 7 heteroatoms. The number of nitrogens with one attached hydrogen (secondary N) is 2. The predicted octanol–water partition coefficient (Wildman–Crippen LogP) is 6.34. The Hall–Kier alpha value is -2.57. The van der Waals surface area contributed by atoms with Crippen molar-refractivity contribution in [1.29, 1.82) is 0 Å². The summed E-state index contributed by atoms with van der Waals surface area (Å²) in [5, 5.41) is 8.28. The van der Waals surface area contributed by atoms with Crippen LogP contribution in [0.2, 0.25) is 5.02 Å². The number of halogens is 2. The lowest BCUT2D eigenvalue weighted by molar-refractivity contribution is -0.118. The summed E-state index contributed by atoms with van der Waals surface area (Å²) in [6.45, 7) is -0.164. The predicted molar refractivity (Wildman–Crippen MR) is 132 cm³/mol. The normalized spacial score (nSPS) is 14.2. The molecule has 5 nitrogen and oxygen atoms in total. The maximum Gasteiger partial charge on any atom is 0.262 e. The third-order valence-corrected chi connectivity index (χ3v) is 6.77. The minimum Gasteiger partial charge on any atom is -0.483 e. The molecule has 0 unspecified atom stereocenters. The number of ether oxygens (including phenoxy) is 1. The molecule has 166 valence electrons. The maximum absolute atomic E-state index is 12.7. The second kappa shape index (κ2) is 10.4. The van der Waals surface area contributed by atoms with Crippen molar-refractivity contribution in [3.8, 4) is 5.75 Å². The summed E-state index contributed by atoms with van der Waals surface area (Å²) < 4.78 is 6.52. The first-order chi connectivity index (χ1) is 15.5. The van der Waals surface area contributed by atoms with Gasteiger partial charge in [-0.1, -0.05) is 61.2 Å². The lowest BCUT2D eigenvalue weighted by Crippen LogP contribution is -2.36. The van der Waals surface area contributed by atoms with E-state index in [2.05, 4.69) is 26.6 Å². The van der Waals surface area contributed by atoms with Crippen LogP contribution < -0.4 is 15.4 Å². The van der Waals surface area contributed by atoms with Gasteiger partial charge in [-0.15, -0.1) is 0 Å². The van der Waals surface area contributed by atoms with Gasteiger partial charge in [0.15, 0.2) is 6.61 Å². The van der Waals surface area contributed by atoms with Gasteiger partial charge in [0.25, 0.3) is 11.8 Å². The Bertz CT molecular complexity index is 1150. The molecule has 1 aliphatic carbocycles. The molecule has 4 rings (SSSR count). The first kappa shape index (κ1) is 22.6. The molecule has 0 heterocycles. The summed E-state index contributed by atoms with van der Waals surface area (Å²) in [5.74, 6) is 0.0443. The van der Waals surface area contributed by atoms with E-state index >= 15 is 0 Å². The van der Waals surface area contributed by atoms with Crippen molar-refractivity contribution in [2.45, 2.75) is 38.1 Å². The Kier molecular flexibility index (Phi) is 7.33. The Morgan fingerprint density at radius 1 is 1.03 bits per heavy atom. The van der Waals surface area contributed by atoms with Crippen molar-refractivity contribution in [2.75, 3.05) is 11.9 Å². The molecule has 0 saturated heterocycles. The van der Waals surface area contributed by atoms with Crippen LogP contribution in [-0.4, -0.2) is 24.5 Å². The van der Waals surface area contributed by atoms with Gasteiger partial charge in [-0.05, 0) is 63.8 Å². The number of benzene rings is 3. The molecule has 1 fully saturated rings. The first-order valence-electron chi connectivity index (χ1n) is 10.7. The van der Waals surface area contributed by atoms with E-state index in [0.717, 1.165) is 40.9 Å². The third kappa shape index (κ3) is 5.43. The van der Waals surface area contributed by atoms with Crippen molar-refractivity contribution >= 4 is 55.8 Å². The second-order valence-electron chi connectivity index (χ2n) is 7.94. The first-order valence-corrected chi connectivity index (χ1v) is 11.9. The highest BCUT2D eigenvalue weighted by Crippen LogP contribution is 2.33. The van der Waals surface area contributed by atoms with Gasteiger partial charge >= 0.3 is 0 Å². The Balaban J connectivity index is 1.38. The molecule has 0 bridgehead atoms. The number of carbonyl (C=O) groups excluding carboxylic acids is 2. The number of anilines is 1. The van der Waals surface area contributed by atoms with Gasteiger partial charge < -0.3 is 15.4 Å². The van der Waals surface area contributed by atoms with Crippen molar-refractivity contribution in [3.63, 3.8) is 0 Å². The number of hydrogen-bond acceptors (Lipinski definition) is 3. The van der Waals surface area contributed by atoms with Gasteiger partial charge in [0.2, 0.25) is 0 Å². The standard InChI is InChI=1S/C25H24BrClN2O3/c26-24-19-9-5-4-6-16(19)10-13-22(24)32-15-23(30)28-18-11-12-21(27)20(14-18)25(31)29-17-7-2-1-3-8-17/h4-6,9-14,17H,1-3,7-8,15H2,(H,28,30)(H,29,31). The van der Waals surface area contributed by atoms with Crippen molar-refractivity contribution in [2.24, 2.45) is 0 Å². The average molecular weight is 516 g/mol. The Morgan fingerprint density at radius 2 is 1.81 bits per heavy atom. The lowest BCUT2D eigenvalue weighted by Gasteiger charge is -2.23. The molecule has 0 spiro atoms. The molecule has 3 aromatic rings. The molecule has 1 saturated carbocycles. The zero-order valence-electron chi connectivity index (χ0n) is 17.5. The number of fused-ring (bicyclic) bond motifs is 1. The molecule has 2 amide bonds. The van der Waals surface area contributed by atoms with Crippen LogP contribution in [-0.2, 0) is 4.79 Å². The summed E-state index contributed by atoms with van der Waals surface area (Å²) in [5.41, 5.74) is 0.850. The van der Waals surface area contributed by atoms with Gasteiger partial charge in [0.1, 0.15) is 5.75 Å². The van der Waals surface area contributed by atoms with Gasteiger partial charge in [0, 0.05) is 11.7 Å². The summed E-state index contributed by atoms with van der Waals surface area (Å²) in [6.07, 6.45) is 5.44. The van der Waals surface area contributed by atoms with Crippen LogP contribution in [0.3, 0.4) is 0 Å². The van der Waals surface area contributed by atoms with Crippen LogP contribution in [0.25, 0.3) is 10.8 Å². The minimum absolute atomic E-state index is 0.164. The topological polar surface area (TPSA) is 67.4 Å². The van der Waals surface area contributed by atoms with E-state index in [9.17, 15) is 9.59 Å². The molecular weight excluding hydrogens is 492 g/mol. The fourth-order valence-electron chi connectivity index (χ4n) is 3.95. The number of hydrogen-bond donors (Lipinski definition) is 2. The quantitative estimate of drug-likeness (QED) is 0.403. The summed E-state index contributed by atoms with van der Waals surface area (Å²) in [7, 11) is 0. The number of rotatable bonds is 6. The van der Waals surface area contributed by atoms with Gasteiger partial charge in [-0.25, -0.2) is 0 Å². The fourth-order valence-corrected chi connectivity index (χ4v) is 4.76. The van der Waals surface area contributed by atoms with Gasteiger partial charge in [-0.2, -0.15) is 0 Å². The molecule has 0 aliphatic heterocycles. The van der Waals surface area contributed by atoms with Crippen molar-refractivity contribution < 1.29 is 14.3 Å². The molecule has 0 atom stereocenters. The molecule has 1 aliphatic rings. The van der Waals surface area contributed by atoms with Crippen molar-refractivity contribution in [3.05, 3.63) is 69.7 Å². The van der Waals surface area contributed by atoms with E-state index < -0.39 is 0 Å². The smallest absolute Gasteiger partial charge is 0.262 e. The number of amides is 2. The van der Waals surface area contributed by atoms with Crippen molar-refractivity contribution in [1.82, 2.24) is 5.32 Å². The summed E-state index contributed by atoms with van der Waals surface area (Å²) in [6, 6.07) is 16.8. The molecule has 32 heavy (non-hydrogen) atoms. The van der Waals surface area contributed by atoms with E-state index in [1.807, 2.05) is 36.4 Å². The van der Waals surface area contributed by atoms with E-state index in [4.69, 9.17) is 16.3 Å². The Labute approximate surface area is 200 Å². The van der Waals surface area contributed by atoms with Crippen LogP contribution >= 0.6 is 27.5 Å².